The number of hydrogen-bond donors (Lipinski definition) is 1. The molecule has 2 unspecified atom stereocenters. The van der Waals surface area contributed by atoms with Crippen molar-refractivity contribution >= 4 is 0 Å². The molecule has 136 valence electrons. The molecule has 0 aromatic carbocycles. The zero-order valence-electron chi connectivity index (χ0n) is 11.8. The van der Waals surface area contributed by atoms with Crippen LogP contribution in [0.25, 0.3) is 0 Å². The molecule has 0 aliphatic heterocycles. The van der Waals surface area contributed by atoms with E-state index in [1.807, 2.05) is 0 Å². The second-order valence-corrected chi connectivity index (χ2v) is 5.98. The number of alkyl halides is 8. The molecule has 2 aliphatic carbocycles. The monoisotopic (exact) mass is 364 g/mol. The van der Waals surface area contributed by atoms with Gasteiger partial charge in [-0.05, 0) is 0 Å². The van der Waals surface area contributed by atoms with Crippen LogP contribution in [0.5, 0.6) is 0 Å². The van der Waals surface area contributed by atoms with Gasteiger partial charge in [-0.2, -0.15) is 18.3 Å². The van der Waals surface area contributed by atoms with Crippen LogP contribution >= 0.6 is 0 Å². The molecule has 1 aromatic heterocycles. The van der Waals surface area contributed by atoms with Crippen molar-refractivity contribution in [2.75, 3.05) is 0 Å². The van der Waals surface area contributed by atoms with Crippen LogP contribution in [-0.4, -0.2) is 39.6 Å². The zero-order chi connectivity index (χ0) is 18.0. The molecule has 1 fully saturated rings. The molecule has 1 saturated carbocycles. The number of halogens is 8. The molecular formula is C13H12F8N2O. The summed E-state index contributed by atoms with van der Waals surface area (Å²) in [5.41, 5.74) is -3.68. The number of aliphatic hydroxyl groups excluding tert-OH is 1. The molecule has 1 heterocycles. The summed E-state index contributed by atoms with van der Waals surface area (Å²) < 4.78 is 107. The minimum absolute atomic E-state index is 0.358. The van der Waals surface area contributed by atoms with E-state index in [1.54, 1.807) is 0 Å². The Labute approximate surface area is 130 Å². The highest BCUT2D eigenvalue weighted by Gasteiger charge is 2.53. The fourth-order valence-corrected chi connectivity index (χ4v) is 3.29. The Hall–Kier alpha value is -1.39. The normalized spacial score (nSPS) is 40.0. The Morgan fingerprint density at radius 1 is 0.958 bits per heavy atom. The number of rotatable bonds is 1. The number of nitrogens with zero attached hydrogens (tertiary/aromatic N) is 2. The fraction of sp³-hybridized carbons (Fsp3) is 0.769. The Bertz CT molecular complexity index is 620. The third-order valence-electron chi connectivity index (χ3n) is 4.42. The molecular weight excluding hydrogens is 352 g/mol. The van der Waals surface area contributed by atoms with Gasteiger partial charge in [0.15, 0.2) is 24.2 Å². The first-order valence-corrected chi connectivity index (χ1v) is 7.12. The Balaban J connectivity index is 2.09. The molecule has 0 radical (unpaired) electrons. The smallest absolute Gasteiger partial charge is 0.385 e. The standard InChI is InChI=1S/C13H12F8N2O/c14-4-1-3(2-5(15)7(4)16)23-10-6(11(24)9(18)8(10)17)12(22-23)13(19,20)21/h3-5,7-9,11,24H,1-2H2/t3?,4-,5+,7?,8-,9+,11-/m0/s1. The van der Waals surface area contributed by atoms with Crippen molar-refractivity contribution in [3.63, 3.8) is 0 Å². The molecule has 2 aliphatic rings. The molecule has 24 heavy (non-hydrogen) atoms. The second kappa shape index (κ2) is 5.57. The van der Waals surface area contributed by atoms with E-state index in [0.717, 1.165) is 0 Å². The maximum absolute atomic E-state index is 14.0. The van der Waals surface area contributed by atoms with E-state index in [9.17, 15) is 40.2 Å². The minimum Gasteiger partial charge on any atom is -0.385 e. The summed E-state index contributed by atoms with van der Waals surface area (Å²) in [7, 11) is 0. The van der Waals surface area contributed by atoms with Gasteiger partial charge in [-0.3, -0.25) is 4.68 Å². The van der Waals surface area contributed by atoms with Crippen molar-refractivity contribution in [1.29, 1.82) is 0 Å². The maximum atomic E-state index is 14.0. The third kappa shape index (κ3) is 2.47. The second-order valence-electron chi connectivity index (χ2n) is 5.98. The van der Waals surface area contributed by atoms with Gasteiger partial charge in [0.25, 0.3) is 0 Å². The van der Waals surface area contributed by atoms with Gasteiger partial charge >= 0.3 is 6.18 Å². The quantitative estimate of drug-likeness (QED) is 0.773. The first-order valence-electron chi connectivity index (χ1n) is 7.12. The lowest BCUT2D eigenvalue weighted by molar-refractivity contribution is -0.143. The molecule has 3 nitrogen and oxygen atoms in total. The van der Waals surface area contributed by atoms with Crippen LogP contribution in [0.2, 0.25) is 0 Å². The molecule has 1 aromatic rings. The average molecular weight is 364 g/mol. The van der Waals surface area contributed by atoms with Crippen molar-refractivity contribution in [3.05, 3.63) is 17.0 Å². The summed E-state index contributed by atoms with van der Waals surface area (Å²) in [6.45, 7) is 0. The summed E-state index contributed by atoms with van der Waals surface area (Å²) in [6.07, 6.45) is -21.3. The van der Waals surface area contributed by atoms with Crippen molar-refractivity contribution in [3.8, 4) is 0 Å². The van der Waals surface area contributed by atoms with E-state index in [0.29, 0.717) is 4.68 Å². The van der Waals surface area contributed by atoms with Crippen LogP contribution in [-0.2, 0) is 6.18 Å². The molecule has 0 bridgehead atoms. The average Bonchev–Trinajstić information content (AvgIpc) is 2.98. The first kappa shape index (κ1) is 17.4. The fourth-order valence-electron chi connectivity index (χ4n) is 3.29. The Kier molecular flexibility index (Phi) is 4.04. The van der Waals surface area contributed by atoms with Gasteiger partial charge in [-0.1, -0.05) is 0 Å². The van der Waals surface area contributed by atoms with E-state index in [2.05, 4.69) is 5.10 Å². The number of aromatic nitrogens is 2. The molecule has 3 rings (SSSR count). The number of hydrogen-bond acceptors (Lipinski definition) is 2. The highest BCUT2D eigenvalue weighted by atomic mass is 19.4. The predicted molar refractivity (Wildman–Crippen MR) is 63.9 cm³/mol. The molecule has 0 amide bonds. The lowest BCUT2D eigenvalue weighted by Gasteiger charge is -2.31. The van der Waals surface area contributed by atoms with Crippen LogP contribution in [0.15, 0.2) is 0 Å². The SMILES string of the molecule is O[C@H]1c2c(C(F)(F)F)nn(C3C[C@@H](F)C(F)[C@@H](F)C3)c2[C@@H](F)[C@H]1F. The van der Waals surface area contributed by atoms with Crippen molar-refractivity contribution in [2.45, 2.75) is 62.0 Å². The van der Waals surface area contributed by atoms with Crippen molar-refractivity contribution in [2.24, 2.45) is 0 Å². The van der Waals surface area contributed by atoms with Gasteiger partial charge in [0.2, 0.25) is 0 Å². The van der Waals surface area contributed by atoms with Crippen molar-refractivity contribution < 1.29 is 40.2 Å². The summed E-state index contributed by atoms with van der Waals surface area (Å²) in [5.74, 6) is 0. The molecule has 7 atom stereocenters. The van der Waals surface area contributed by atoms with Gasteiger partial charge in [-0.15, -0.1) is 0 Å². The van der Waals surface area contributed by atoms with Crippen LogP contribution in [0.3, 0.4) is 0 Å². The largest absolute Gasteiger partial charge is 0.435 e. The molecule has 11 heteroatoms. The van der Waals surface area contributed by atoms with Crippen molar-refractivity contribution in [1.82, 2.24) is 9.78 Å². The number of aliphatic hydroxyl groups is 1. The van der Waals surface area contributed by atoms with Crippen LogP contribution in [0.1, 0.15) is 48.1 Å². The minimum atomic E-state index is -5.12. The molecule has 0 saturated heterocycles. The van der Waals surface area contributed by atoms with Gasteiger partial charge in [0.1, 0.15) is 18.4 Å². The first-order chi connectivity index (χ1) is 11.0. The highest BCUT2D eigenvalue weighted by Crippen LogP contribution is 2.50. The molecule has 0 spiro atoms. The van der Waals surface area contributed by atoms with Gasteiger partial charge < -0.3 is 5.11 Å². The Morgan fingerprint density at radius 2 is 1.50 bits per heavy atom. The van der Waals surface area contributed by atoms with Crippen LogP contribution in [0.4, 0.5) is 35.1 Å². The highest BCUT2D eigenvalue weighted by molar-refractivity contribution is 5.39. The maximum Gasteiger partial charge on any atom is 0.435 e. The lowest BCUT2D eigenvalue weighted by atomic mass is 9.90. The predicted octanol–water partition coefficient (Wildman–Crippen LogP) is 3.65. The summed E-state index contributed by atoms with van der Waals surface area (Å²) in [6, 6.07) is -1.41. The Morgan fingerprint density at radius 3 is 2.00 bits per heavy atom. The third-order valence-corrected chi connectivity index (χ3v) is 4.42. The number of fused-ring (bicyclic) bond motifs is 1. The van der Waals surface area contributed by atoms with Gasteiger partial charge in [-0.25, -0.2) is 22.0 Å². The van der Waals surface area contributed by atoms with Crippen LogP contribution in [0, 0.1) is 0 Å². The van der Waals surface area contributed by atoms with Crippen LogP contribution < -0.4 is 0 Å². The van der Waals surface area contributed by atoms with E-state index < -0.39 is 79.0 Å². The van der Waals surface area contributed by atoms with Gasteiger partial charge in [0, 0.05) is 18.4 Å². The van der Waals surface area contributed by atoms with E-state index in [4.69, 9.17) is 0 Å². The topological polar surface area (TPSA) is 38.1 Å². The van der Waals surface area contributed by atoms with Gasteiger partial charge in [0.05, 0.1) is 11.7 Å². The summed E-state index contributed by atoms with van der Waals surface area (Å²) >= 11 is 0. The van der Waals surface area contributed by atoms with E-state index >= 15 is 0 Å². The molecule has 1 N–H and O–H groups in total. The zero-order valence-corrected chi connectivity index (χ0v) is 11.8. The lowest BCUT2D eigenvalue weighted by Crippen LogP contribution is -2.38. The summed E-state index contributed by atoms with van der Waals surface area (Å²) in [5, 5.41) is 12.7. The van der Waals surface area contributed by atoms with E-state index in [-0.39, 0.29) is 0 Å². The van der Waals surface area contributed by atoms with E-state index in [1.165, 1.54) is 0 Å². The summed E-state index contributed by atoms with van der Waals surface area (Å²) in [4.78, 5) is 0.